The predicted octanol–water partition coefficient (Wildman–Crippen LogP) is 4.01. The van der Waals surface area contributed by atoms with Crippen molar-refractivity contribution in [2.24, 2.45) is 0 Å². The Morgan fingerprint density at radius 1 is 1.33 bits per heavy atom. The van der Waals surface area contributed by atoms with E-state index in [1.54, 1.807) is 18.4 Å². The monoisotopic (exact) mass is 311 g/mol. The molecular formula is C16H25NO3S. The highest BCUT2D eigenvalue weighted by Gasteiger charge is 2.43. The number of hydrogen-bond acceptors (Lipinski definition) is 4. The van der Waals surface area contributed by atoms with Gasteiger partial charge in [-0.05, 0) is 58.0 Å². The molecule has 4 nitrogen and oxygen atoms in total. The second-order valence-corrected chi connectivity index (χ2v) is 7.89. The van der Waals surface area contributed by atoms with Gasteiger partial charge in [0.2, 0.25) is 0 Å². The van der Waals surface area contributed by atoms with Crippen molar-refractivity contribution in [2.45, 2.75) is 58.3 Å². The molecule has 1 aromatic heterocycles. The van der Waals surface area contributed by atoms with Crippen LogP contribution in [-0.4, -0.2) is 35.8 Å². The number of fused-ring (bicyclic) bond motifs is 1. The van der Waals surface area contributed by atoms with Gasteiger partial charge < -0.3 is 9.47 Å². The van der Waals surface area contributed by atoms with Gasteiger partial charge in [0.1, 0.15) is 5.60 Å². The van der Waals surface area contributed by atoms with Gasteiger partial charge in [-0.2, -0.15) is 0 Å². The number of methoxy groups -OCH3 is 1. The molecule has 0 aromatic carbocycles. The molecule has 1 amide bonds. The molecule has 5 heteroatoms. The molecule has 21 heavy (non-hydrogen) atoms. The van der Waals surface area contributed by atoms with Crippen LogP contribution in [0.4, 0.5) is 4.79 Å². The van der Waals surface area contributed by atoms with Crippen molar-refractivity contribution >= 4 is 17.4 Å². The molecule has 0 bridgehead atoms. The van der Waals surface area contributed by atoms with Crippen LogP contribution in [0.5, 0.6) is 0 Å². The van der Waals surface area contributed by atoms with Crippen LogP contribution in [0, 0.1) is 0 Å². The first-order valence-electron chi connectivity index (χ1n) is 7.27. The molecule has 1 aliphatic heterocycles. The molecule has 2 heterocycles. The first kappa shape index (κ1) is 16.3. The molecule has 1 unspecified atom stereocenters. The van der Waals surface area contributed by atoms with Crippen LogP contribution in [-0.2, 0) is 15.9 Å². The maximum Gasteiger partial charge on any atom is 0.410 e. The Morgan fingerprint density at radius 2 is 2.00 bits per heavy atom. The van der Waals surface area contributed by atoms with E-state index in [9.17, 15) is 4.79 Å². The molecule has 0 aliphatic carbocycles. The van der Waals surface area contributed by atoms with E-state index in [4.69, 9.17) is 9.47 Å². The SMILES string of the molecule is COC(C)(C)C1c2sccc2CCN1C(=O)OC(C)(C)C. The van der Waals surface area contributed by atoms with E-state index in [1.807, 2.05) is 39.5 Å². The van der Waals surface area contributed by atoms with E-state index in [0.717, 1.165) is 6.42 Å². The third-order valence-corrected chi connectivity index (χ3v) is 4.79. The first-order chi connectivity index (χ1) is 9.65. The van der Waals surface area contributed by atoms with Gasteiger partial charge >= 0.3 is 6.09 Å². The lowest BCUT2D eigenvalue weighted by atomic mass is 9.89. The topological polar surface area (TPSA) is 38.8 Å². The van der Waals surface area contributed by atoms with Gasteiger partial charge in [0.05, 0.1) is 11.6 Å². The fourth-order valence-corrected chi connectivity index (χ4v) is 3.87. The van der Waals surface area contributed by atoms with Crippen LogP contribution in [0.1, 0.15) is 51.1 Å². The summed E-state index contributed by atoms with van der Waals surface area (Å²) in [7, 11) is 1.69. The molecule has 0 fully saturated rings. The lowest BCUT2D eigenvalue weighted by Gasteiger charge is -2.43. The molecular weight excluding hydrogens is 286 g/mol. The molecule has 1 aromatic rings. The highest BCUT2D eigenvalue weighted by molar-refractivity contribution is 7.10. The number of thiophene rings is 1. The average Bonchev–Trinajstić information content (AvgIpc) is 2.83. The molecule has 0 saturated heterocycles. The quantitative estimate of drug-likeness (QED) is 0.828. The molecule has 0 radical (unpaired) electrons. The number of rotatable bonds is 2. The Kier molecular flexibility index (Phi) is 4.36. The molecule has 2 rings (SSSR count). The number of carbonyl (C=O) groups is 1. The Morgan fingerprint density at radius 3 is 2.57 bits per heavy atom. The number of hydrogen-bond donors (Lipinski definition) is 0. The smallest absolute Gasteiger partial charge is 0.410 e. The molecule has 118 valence electrons. The standard InChI is InChI=1S/C16H25NO3S/c1-15(2,3)20-14(18)17-9-7-11-8-10-21-12(11)13(17)16(4,5)19-6/h8,10,13H,7,9H2,1-6H3. The summed E-state index contributed by atoms with van der Waals surface area (Å²) in [6, 6.07) is 2.03. The molecule has 1 aliphatic rings. The summed E-state index contributed by atoms with van der Waals surface area (Å²) in [6.07, 6.45) is 0.602. The largest absolute Gasteiger partial charge is 0.444 e. The van der Waals surface area contributed by atoms with Crippen molar-refractivity contribution in [1.29, 1.82) is 0 Å². The van der Waals surface area contributed by atoms with E-state index in [2.05, 4.69) is 11.4 Å². The summed E-state index contributed by atoms with van der Waals surface area (Å²) in [6.45, 7) is 10.4. The maximum absolute atomic E-state index is 12.6. The summed E-state index contributed by atoms with van der Waals surface area (Å²) in [5.41, 5.74) is 0.362. The van der Waals surface area contributed by atoms with Crippen LogP contribution in [0.25, 0.3) is 0 Å². The number of amides is 1. The summed E-state index contributed by atoms with van der Waals surface area (Å²) < 4.78 is 11.2. The fraction of sp³-hybridized carbons (Fsp3) is 0.688. The molecule has 0 spiro atoms. The van der Waals surface area contributed by atoms with E-state index >= 15 is 0 Å². The highest BCUT2D eigenvalue weighted by Crippen LogP contribution is 2.42. The third kappa shape index (κ3) is 3.40. The summed E-state index contributed by atoms with van der Waals surface area (Å²) in [4.78, 5) is 15.6. The van der Waals surface area contributed by atoms with Crippen LogP contribution in [0.2, 0.25) is 0 Å². The van der Waals surface area contributed by atoms with Crippen LogP contribution in [0.15, 0.2) is 11.4 Å². The average molecular weight is 311 g/mol. The van der Waals surface area contributed by atoms with E-state index in [1.165, 1.54) is 10.4 Å². The fourth-order valence-electron chi connectivity index (χ4n) is 2.63. The second kappa shape index (κ2) is 5.61. The van der Waals surface area contributed by atoms with Gasteiger partial charge in [-0.1, -0.05) is 0 Å². The second-order valence-electron chi connectivity index (χ2n) is 6.94. The van der Waals surface area contributed by atoms with Crippen molar-refractivity contribution in [3.63, 3.8) is 0 Å². The Labute approximate surface area is 131 Å². The zero-order valence-corrected chi connectivity index (χ0v) is 14.5. The van der Waals surface area contributed by atoms with Crippen LogP contribution < -0.4 is 0 Å². The van der Waals surface area contributed by atoms with Gasteiger partial charge in [-0.3, -0.25) is 4.90 Å². The molecule has 0 N–H and O–H groups in total. The lowest BCUT2D eigenvalue weighted by molar-refractivity contribution is -0.0638. The zero-order chi connectivity index (χ0) is 15.8. The summed E-state index contributed by atoms with van der Waals surface area (Å²) >= 11 is 1.69. The minimum absolute atomic E-state index is 0.110. The van der Waals surface area contributed by atoms with E-state index in [0.29, 0.717) is 6.54 Å². The Balaban J connectivity index is 2.35. The summed E-state index contributed by atoms with van der Waals surface area (Å²) in [5.74, 6) is 0. The van der Waals surface area contributed by atoms with Crippen molar-refractivity contribution in [3.05, 3.63) is 21.9 Å². The van der Waals surface area contributed by atoms with Crippen molar-refractivity contribution in [2.75, 3.05) is 13.7 Å². The van der Waals surface area contributed by atoms with E-state index in [-0.39, 0.29) is 12.1 Å². The number of ether oxygens (including phenoxy) is 2. The molecule has 1 atom stereocenters. The Hall–Kier alpha value is -1.07. The normalized spacial score (nSPS) is 19.3. The molecule has 0 saturated carbocycles. The number of carbonyl (C=O) groups excluding carboxylic acids is 1. The van der Waals surface area contributed by atoms with Gasteiger partial charge in [0.25, 0.3) is 0 Å². The zero-order valence-electron chi connectivity index (χ0n) is 13.7. The van der Waals surface area contributed by atoms with Crippen LogP contribution in [0.3, 0.4) is 0 Å². The van der Waals surface area contributed by atoms with Crippen molar-refractivity contribution < 1.29 is 14.3 Å². The van der Waals surface area contributed by atoms with Crippen molar-refractivity contribution in [1.82, 2.24) is 4.90 Å². The minimum atomic E-state index is -0.491. The third-order valence-electron chi connectivity index (χ3n) is 3.78. The summed E-state index contributed by atoms with van der Waals surface area (Å²) in [5, 5.41) is 2.09. The predicted molar refractivity (Wildman–Crippen MR) is 84.8 cm³/mol. The lowest BCUT2D eigenvalue weighted by Crippen LogP contribution is -2.50. The van der Waals surface area contributed by atoms with Gasteiger partial charge in [-0.15, -0.1) is 11.3 Å². The number of nitrogens with zero attached hydrogens (tertiary/aromatic N) is 1. The van der Waals surface area contributed by atoms with E-state index < -0.39 is 11.2 Å². The maximum atomic E-state index is 12.6. The van der Waals surface area contributed by atoms with Gasteiger partial charge in [0.15, 0.2) is 0 Å². The van der Waals surface area contributed by atoms with Crippen molar-refractivity contribution in [3.8, 4) is 0 Å². The minimum Gasteiger partial charge on any atom is -0.444 e. The highest BCUT2D eigenvalue weighted by atomic mass is 32.1. The Bertz CT molecular complexity index is 516. The van der Waals surface area contributed by atoms with Crippen LogP contribution >= 0.6 is 11.3 Å². The van der Waals surface area contributed by atoms with Gasteiger partial charge in [0, 0.05) is 18.5 Å². The van der Waals surface area contributed by atoms with Gasteiger partial charge in [-0.25, -0.2) is 4.79 Å². The first-order valence-corrected chi connectivity index (χ1v) is 8.15.